The maximum atomic E-state index is 10.7. The normalized spacial score (nSPS) is 17.5. The first-order valence-corrected chi connectivity index (χ1v) is 8.40. The Bertz CT molecular complexity index is 903. The molecule has 0 saturated carbocycles. The van der Waals surface area contributed by atoms with Gasteiger partial charge < -0.3 is 19.6 Å². The van der Waals surface area contributed by atoms with Gasteiger partial charge in [0, 0.05) is 47.9 Å². The van der Waals surface area contributed by atoms with Gasteiger partial charge in [-0.2, -0.15) is 0 Å². The van der Waals surface area contributed by atoms with Crippen LogP contribution in [0.2, 0.25) is 0 Å². The van der Waals surface area contributed by atoms with Gasteiger partial charge >= 0.3 is 0 Å². The fourth-order valence-electron chi connectivity index (χ4n) is 3.79. The number of ether oxygens (including phenoxy) is 2. The van der Waals surface area contributed by atoms with Gasteiger partial charge in [-0.15, -0.1) is 0 Å². The van der Waals surface area contributed by atoms with E-state index in [4.69, 9.17) is 9.47 Å². The number of nitrogens with zero attached hydrogens (tertiary/aromatic N) is 1. The molecule has 0 fully saturated rings. The number of aromatic amines is 1. The Hall–Kier alpha value is -2.50. The summed E-state index contributed by atoms with van der Waals surface area (Å²) < 4.78 is 11.0. The van der Waals surface area contributed by atoms with E-state index in [9.17, 15) is 5.11 Å². The highest BCUT2D eigenvalue weighted by molar-refractivity contribution is 5.82. The molecule has 25 heavy (non-hydrogen) atoms. The van der Waals surface area contributed by atoms with E-state index in [2.05, 4.69) is 34.1 Å². The predicted molar refractivity (Wildman–Crippen MR) is 96.9 cm³/mol. The molecule has 0 amide bonds. The van der Waals surface area contributed by atoms with Crippen molar-refractivity contribution in [3.63, 3.8) is 0 Å². The maximum absolute atomic E-state index is 10.7. The Labute approximate surface area is 146 Å². The summed E-state index contributed by atoms with van der Waals surface area (Å²) >= 11 is 0. The van der Waals surface area contributed by atoms with Crippen molar-refractivity contribution < 1.29 is 14.6 Å². The molecule has 0 bridgehead atoms. The van der Waals surface area contributed by atoms with Crippen LogP contribution < -0.4 is 9.47 Å². The number of hydrogen-bond acceptors (Lipinski definition) is 4. The van der Waals surface area contributed by atoms with Gasteiger partial charge in [0.15, 0.2) is 0 Å². The van der Waals surface area contributed by atoms with Gasteiger partial charge in [-0.1, -0.05) is 12.1 Å². The number of methoxy groups -OCH3 is 2. The van der Waals surface area contributed by atoms with Crippen LogP contribution in [0, 0.1) is 0 Å². The second-order valence-electron chi connectivity index (χ2n) is 6.40. The van der Waals surface area contributed by atoms with Gasteiger partial charge in [-0.05, 0) is 29.8 Å². The number of aromatic nitrogens is 1. The number of nitrogens with one attached hydrogen (secondary N) is 1. The summed E-state index contributed by atoms with van der Waals surface area (Å²) in [6.07, 6.45) is 1.36. The zero-order valence-electron chi connectivity index (χ0n) is 14.5. The fraction of sp³-hybridized carbons (Fsp3) is 0.300. The molecule has 1 unspecified atom stereocenters. The molecule has 1 aromatic heterocycles. The Morgan fingerprint density at radius 2 is 1.92 bits per heavy atom. The van der Waals surface area contributed by atoms with Gasteiger partial charge in [0.2, 0.25) is 0 Å². The third-order valence-corrected chi connectivity index (χ3v) is 4.94. The van der Waals surface area contributed by atoms with Crippen molar-refractivity contribution in [2.75, 3.05) is 20.8 Å². The number of fused-ring (bicyclic) bond motifs is 2. The monoisotopic (exact) mass is 338 g/mol. The standard InChI is InChI=1S/C20H22N2O3/c1-24-18-6-7-19(25-2)20-15(18)11-22(12-17(20)23)10-13-4-3-5-16-14(13)8-9-21-16/h3-9,17,21,23H,10-12H2,1-2H3. The maximum Gasteiger partial charge on any atom is 0.125 e. The van der Waals surface area contributed by atoms with Crippen LogP contribution in [0.1, 0.15) is 22.8 Å². The minimum atomic E-state index is -0.598. The van der Waals surface area contributed by atoms with E-state index in [0.29, 0.717) is 13.1 Å². The quantitative estimate of drug-likeness (QED) is 0.767. The first-order chi connectivity index (χ1) is 12.2. The molecule has 0 saturated heterocycles. The van der Waals surface area contributed by atoms with Gasteiger partial charge in [0.25, 0.3) is 0 Å². The van der Waals surface area contributed by atoms with Crippen LogP contribution in [-0.2, 0) is 13.1 Å². The number of β-amino-alcohol motifs (C(OH)–C–C–N with tert-alkyl or cyclic N) is 1. The molecule has 1 atom stereocenters. The van der Waals surface area contributed by atoms with Crippen LogP contribution in [0.25, 0.3) is 10.9 Å². The van der Waals surface area contributed by atoms with Crippen molar-refractivity contribution in [1.29, 1.82) is 0 Å². The van der Waals surface area contributed by atoms with E-state index >= 15 is 0 Å². The zero-order chi connectivity index (χ0) is 17.4. The van der Waals surface area contributed by atoms with Crippen molar-refractivity contribution in [2.24, 2.45) is 0 Å². The summed E-state index contributed by atoms with van der Waals surface area (Å²) in [6.45, 7) is 2.05. The summed E-state index contributed by atoms with van der Waals surface area (Å²) in [5, 5.41) is 12.0. The number of aliphatic hydroxyl groups is 1. The smallest absolute Gasteiger partial charge is 0.125 e. The SMILES string of the molecule is COc1ccc(OC)c2c1CN(Cc1cccc3[nH]ccc13)CC2O. The second kappa shape index (κ2) is 6.43. The molecule has 0 aliphatic carbocycles. The predicted octanol–water partition coefficient (Wildman–Crippen LogP) is 3.23. The van der Waals surface area contributed by atoms with Gasteiger partial charge in [0.1, 0.15) is 11.5 Å². The lowest BCUT2D eigenvalue weighted by atomic mass is 9.94. The summed E-state index contributed by atoms with van der Waals surface area (Å²) in [5.41, 5.74) is 4.23. The lowest BCUT2D eigenvalue weighted by Gasteiger charge is -2.34. The summed E-state index contributed by atoms with van der Waals surface area (Å²) in [6, 6.07) is 12.1. The first kappa shape index (κ1) is 16.0. The van der Waals surface area contributed by atoms with E-state index in [1.165, 1.54) is 10.9 Å². The molecule has 4 rings (SSSR count). The Morgan fingerprint density at radius 3 is 2.72 bits per heavy atom. The van der Waals surface area contributed by atoms with Gasteiger partial charge in [-0.3, -0.25) is 4.90 Å². The van der Waals surface area contributed by atoms with Crippen LogP contribution in [0.3, 0.4) is 0 Å². The highest BCUT2D eigenvalue weighted by Gasteiger charge is 2.29. The Balaban J connectivity index is 1.68. The molecule has 1 aliphatic heterocycles. The molecule has 2 aromatic carbocycles. The average molecular weight is 338 g/mol. The van der Waals surface area contributed by atoms with Gasteiger partial charge in [0.05, 0.1) is 20.3 Å². The Morgan fingerprint density at radius 1 is 1.12 bits per heavy atom. The van der Waals surface area contributed by atoms with E-state index < -0.39 is 6.10 Å². The molecule has 0 spiro atoms. The molecule has 2 N–H and O–H groups in total. The van der Waals surface area contributed by atoms with Gasteiger partial charge in [-0.25, -0.2) is 0 Å². The first-order valence-electron chi connectivity index (χ1n) is 8.40. The van der Waals surface area contributed by atoms with E-state index in [0.717, 1.165) is 34.7 Å². The number of hydrogen-bond donors (Lipinski definition) is 2. The molecular weight excluding hydrogens is 316 g/mol. The molecule has 1 aliphatic rings. The number of H-pyrrole nitrogens is 1. The minimum absolute atomic E-state index is 0.567. The van der Waals surface area contributed by atoms with E-state index in [1.807, 2.05) is 18.3 Å². The van der Waals surface area contributed by atoms with Crippen LogP contribution >= 0.6 is 0 Å². The largest absolute Gasteiger partial charge is 0.496 e. The molecular formula is C20H22N2O3. The van der Waals surface area contributed by atoms with Crippen molar-refractivity contribution >= 4 is 10.9 Å². The van der Waals surface area contributed by atoms with Crippen LogP contribution in [0.15, 0.2) is 42.6 Å². The topological polar surface area (TPSA) is 57.7 Å². The van der Waals surface area contributed by atoms with Crippen molar-refractivity contribution in [3.8, 4) is 11.5 Å². The average Bonchev–Trinajstić information content (AvgIpc) is 3.10. The highest BCUT2D eigenvalue weighted by Crippen LogP contribution is 2.39. The second-order valence-corrected chi connectivity index (χ2v) is 6.40. The van der Waals surface area contributed by atoms with Crippen LogP contribution in [0.5, 0.6) is 11.5 Å². The van der Waals surface area contributed by atoms with Crippen molar-refractivity contribution in [2.45, 2.75) is 19.2 Å². The molecule has 130 valence electrons. The molecule has 5 heteroatoms. The summed E-state index contributed by atoms with van der Waals surface area (Å²) in [5.74, 6) is 1.51. The molecule has 0 radical (unpaired) electrons. The van der Waals surface area contributed by atoms with Crippen LogP contribution in [-0.4, -0.2) is 35.8 Å². The van der Waals surface area contributed by atoms with Crippen molar-refractivity contribution in [3.05, 3.63) is 59.3 Å². The summed E-state index contributed by atoms with van der Waals surface area (Å²) in [4.78, 5) is 5.50. The van der Waals surface area contributed by atoms with E-state index in [-0.39, 0.29) is 0 Å². The lowest BCUT2D eigenvalue weighted by molar-refractivity contribution is 0.0845. The van der Waals surface area contributed by atoms with E-state index in [1.54, 1.807) is 14.2 Å². The number of benzene rings is 2. The zero-order valence-corrected chi connectivity index (χ0v) is 14.5. The highest BCUT2D eigenvalue weighted by atomic mass is 16.5. The molecule has 2 heterocycles. The number of aliphatic hydroxyl groups excluding tert-OH is 1. The third kappa shape index (κ3) is 2.75. The fourth-order valence-corrected chi connectivity index (χ4v) is 3.79. The molecule has 3 aromatic rings. The minimum Gasteiger partial charge on any atom is -0.496 e. The Kier molecular flexibility index (Phi) is 4.11. The van der Waals surface area contributed by atoms with Crippen molar-refractivity contribution in [1.82, 2.24) is 9.88 Å². The molecule has 5 nitrogen and oxygen atoms in total. The van der Waals surface area contributed by atoms with Crippen LogP contribution in [0.4, 0.5) is 0 Å². The lowest BCUT2D eigenvalue weighted by Crippen LogP contribution is -2.33. The number of rotatable bonds is 4. The summed E-state index contributed by atoms with van der Waals surface area (Å²) in [7, 11) is 3.29. The third-order valence-electron chi connectivity index (χ3n) is 4.94.